The van der Waals surface area contributed by atoms with Crippen LogP contribution in [0, 0.1) is 0 Å². The second kappa shape index (κ2) is 7.68. The third-order valence-electron chi connectivity index (χ3n) is 4.48. The fourth-order valence-electron chi connectivity index (χ4n) is 3.20. The lowest BCUT2D eigenvalue weighted by Crippen LogP contribution is -2.44. The predicted octanol–water partition coefficient (Wildman–Crippen LogP) is 4.50. The van der Waals surface area contributed by atoms with Crippen molar-refractivity contribution < 1.29 is 4.74 Å². The van der Waals surface area contributed by atoms with Gasteiger partial charge in [0.2, 0.25) is 0 Å². The monoisotopic (exact) mass is 275 g/mol. The summed E-state index contributed by atoms with van der Waals surface area (Å²) in [4.78, 5) is 0. The van der Waals surface area contributed by atoms with Crippen LogP contribution in [0.3, 0.4) is 0 Å². The normalized spacial score (nSPS) is 23.1. The fourth-order valence-corrected chi connectivity index (χ4v) is 3.20. The lowest BCUT2D eigenvalue weighted by Gasteiger charge is -2.38. The van der Waals surface area contributed by atoms with E-state index in [0.29, 0.717) is 18.0 Å². The van der Waals surface area contributed by atoms with Gasteiger partial charge < -0.3 is 10.1 Å². The summed E-state index contributed by atoms with van der Waals surface area (Å²) >= 11 is 0. The van der Waals surface area contributed by atoms with Crippen LogP contribution in [0.15, 0.2) is 24.3 Å². The number of rotatable bonds is 8. The van der Waals surface area contributed by atoms with Crippen LogP contribution < -0.4 is 10.1 Å². The van der Waals surface area contributed by atoms with Crippen LogP contribution >= 0.6 is 0 Å². The molecule has 1 fully saturated rings. The van der Waals surface area contributed by atoms with E-state index in [1.165, 1.54) is 44.1 Å². The Hall–Kier alpha value is -1.02. The smallest absolute Gasteiger partial charge is 0.122 e. The maximum atomic E-state index is 5.46. The molecule has 0 saturated heterocycles. The molecule has 1 aliphatic rings. The number of ether oxygens (including phenoxy) is 1. The van der Waals surface area contributed by atoms with Crippen molar-refractivity contribution in [1.82, 2.24) is 5.32 Å². The highest BCUT2D eigenvalue weighted by molar-refractivity contribution is 5.37. The molecule has 2 nitrogen and oxygen atoms in total. The molecule has 0 radical (unpaired) electrons. The Labute approximate surface area is 123 Å². The minimum atomic E-state index is 0.658. The van der Waals surface area contributed by atoms with Gasteiger partial charge in [0.05, 0.1) is 7.11 Å². The molecule has 1 unspecified atom stereocenters. The zero-order chi connectivity index (χ0) is 14.4. The zero-order valence-corrected chi connectivity index (χ0v) is 13.2. The first-order chi connectivity index (χ1) is 9.74. The van der Waals surface area contributed by atoms with E-state index in [1.54, 1.807) is 7.11 Å². The first-order valence-corrected chi connectivity index (χ1v) is 8.13. The maximum absolute atomic E-state index is 5.46. The Morgan fingerprint density at radius 2 is 2.00 bits per heavy atom. The summed E-state index contributed by atoms with van der Waals surface area (Å²) in [6.45, 7) is 4.59. The van der Waals surface area contributed by atoms with E-state index in [9.17, 15) is 0 Å². The van der Waals surface area contributed by atoms with E-state index in [2.05, 4.69) is 37.4 Å². The Kier molecular flexibility index (Phi) is 5.90. The molecule has 112 valence electrons. The standard InChI is InChI=1S/C18H29NO/c1-4-5-6-9-14(2)19-16-12-15(13-16)17-10-7-8-11-18(17)20-3/h7-8,10-11,14-16,19H,4-6,9,12-13H2,1-3H3. The second-order valence-corrected chi connectivity index (χ2v) is 6.17. The summed E-state index contributed by atoms with van der Waals surface area (Å²) in [6, 6.07) is 9.80. The van der Waals surface area contributed by atoms with Crippen molar-refractivity contribution in [1.29, 1.82) is 0 Å². The quantitative estimate of drug-likeness (QED) is 0.705. The van der Waals surface area contributed by atoms with Crippen molar-refractivity contribution in [3.05, 3.63) is 29.8 Å². The highest BCUT2D eigenvalue weighted by Gasteiger charge is 2.32. The molecule has 1 atom stereocenters. The zero-order valence-electron chi connectivity index (χ0n) is 13.2. The highest BCUT2D eigenvalue weighted by atomic mass is 16.5. The van der Waals surface area contributed by atoms with Crippen molar-refractivity contribution in [2.24, 2.45) is 0 Å². The number of para-hydroxylation sites is 1. The minimum Gasteiger partial charge on any atom is -0.496 e. The third-order valence-corrected chi connectivity index (χ3v) is 4.48. The number of hydrogen-bond acceptors (Lipinski definition) is 2. The number of hydrogen-bond donors (Lipinski definition) is 1. The third kappa shape index (κ3) is 3.99. The van der Waals surface area contributed by atoms with Gasteiger partial charge in [0, 0.05) is 12.1 Å². The van der Waals surface area contributed by atoms with Crippen molar-refractivity contribution in [2.75, 3.05) is 7.11 Å². The maximum Gasteiger partial charge on any atom is 0.122 e. The highest BCUT2D eigenvalue weighted by Crippen LogP contribution is 2.41. The Morgan fingerprint density at radius 1 is 1.25 bits per heavy atom. The van der Waals surface area contributed by atoms with Gasteiger partial charge >= 0.3 is 0 Å². The Balaban J connectivity index is 1.74. The molecule has 1 saturated carbocycles. The van der Waals surface area contributed by atoms with Crippen molar-refractivity contribution in [3.8, 4) is 5.75 Å². The minimum absolute atomic E-state index is 0.658. The summed E-state index contributed by atoms with van der Waals surface area (Å²) in [5, 5.41) is 3.77. The molecule has 0 heterocycles. The van der Waals surface area contributed by atoms with E-state index < -0.39 is 0 Å². The van der Waals surface area contributed by atoms with E-state index >= 15 is 0 Å². The van der Waals surface area contributed by atoms with Gasteiger partial charge in [-0.25, -0.2) is 0 Å². The first kappa shape index (κ1) is 15.4. The molecule has 0 aliphatic heterocycles. The number of unbranched alkanes of at least 4 members (excludes halogenated alkanes) is 2. The second-order valence-electron chi connectivity index (χ2n) is 6.17. The first-order valence-electron chi connectivity index (χ1n) is 8.13. The van der Waals surface area contributed by atoms with Crippen LogP contribution in [0.2, 0.25) is 0 Å². The molecule has 2 heteroatoms. The van der Waals surface area contributed by atoms with Gasteiger partial charge in [0.1, 0.15) is 5.75 Å². The van der Waals surface area contributed by atoms with Gasteiger partial charge in [-0.05, 0) is 43.7 Å². The molecule has 1 aromatic rings. The van der Waals surface area contributed by atoms with Crippen LogP contribution in [-0.4, -0.2) is 19.2 Å². The van der Waals surface area contributed by atoms with Gasteiger partial charge in [0.15, 0.2) is 0 Å². The van der Waals surface area contributed by atoms with Gasteiger partial charge in [-0.3, -0.25) is 0 Å². The van der Waals surface area contributed by atoms with Crippen LogP contribution in [0.1, 0.15) is 63.9 Å². The fraction of sp³-hybridized carbons (Fsp3) is 0.667. The van der Waals surface area contributed by atoms with E-state index in [-0.39, 0.29) is 0 Å². The average Bonchev–Trinajstić information content (AvgIpc) is 2.43. The van der Waals surface area contributed by atoms with Crippen LogP contribution in [0.5, 0.6) is 5.75 Å². The molecule has 0 aromatic heterocycles. The van der Waals surface area contributed by atoms with Crippen LogP contribution in [0.4, 0.5) is 0 Å². The van der Waals surface area contributed by atoms with Crippen molar-refractivity contribution >= 4 is 0 Å². The van der Waals surface area contributed by atoms with E-state index in [4.69, 9.17) is 4.74 Å². The molecule has 2 rings (SSSR count). The lowest BCUT2D eigenvalue weighted by molar-refractivity contribution is 0.258. The number of methoxy groups -OCH3 is 1. The molecule has 0 bridgehead atoms. The molecule has 1 N–H and O–H groups in total. The summed E-state index contributed by atoms with van der Waals surface area (Å²) in [7, 11) is 1.77. The topological polar surface area (TPSA) is 21.3 Å². The Bertz CT molecular complexity index is 398. The molecular formula is C18H29NO. The molecule has 1 aromatic carbocycles. The summed E-state index contributed by atoms with van der Waals surface area (Å²) in [5.74, 6) is 1.72. The lowest BCUT2D eigenvalue weighted by atomic mass is 9.75. The largest absolute Gasteiger partial charge is 0.496 e. The van der Waals surface area contributed by atoms with Gasteiger partial charge in [-0.15, -0.1) is 0 Å². The predicted molar refractivity (Wildman–Crippen MR) is 85.5 cm³/mol. The molecular weight excluding hydrogens is 246 g/mol. The molecule has 0 spiro atoms. The Morgan fingerprint density at radius 3 is 2.70 bits per heavy atom. The summed E-state index contributed by atoms with van der Waals surface area (Å²) in [6.07, 6.45) is 7.83. The van der Waals surface area contributed by atoms with Gasteiger partial charge in [-0.2, -0.15) is 0 Å². The molecule has 20 heavy (non-hydrogen) atoms. The van der Waals surface area contributed by atoms with Crippen molar-refractivity contribution in [3.63, 3.8) is 0 Å². The number of nitrogens with one attached hydrogen (secondary N) is 1. The average molecular weight is 275 g/mol. The molecule has 0 amide bonds. The van der Waals surface area contributed by atoms with Gasteiger partial charge in [-0.1, -0.05) is 44.4 Å². The van der Waals surface area contributed by atoms with E-state index in [0.717, 1.165) is 5.75 Å². The van der Waals surface area contributed by atoms with Crippen molar-refractivity contribution in [2.45, 2.75) is 70.4 Å². The molecule has 1 aliphatic carbocycles. The van der Waals surface area contributed by atoms with Crippen LogP contribution in [-0.2, 0) is 0 Å². The van der Waals surface area contributed by atoms with E-state index in [1.807, 2.05) is 6.07 Å². The summed E-state index contributed by atoms with van der Waals surface area (Å²) < 4.78 is 5.46. The van der Waals surface area contributed by atoms with Gasteiger partial charge in [0.25, 0.3) is 0 Å². The SMILES string of the molecule is CCCCCC(C)NC1CC(c2ccccc2OC)C1. The van der Waals surface area contributed by atoms with Crippen LogP contribution in [0.25, 0.3) is 0 Å². The number of benzene rings is 1. The summed E-state index contributed by atoms with van der Waals surface area (Å²) in [5.41, 5.74) is 1.38.